The van der Waals surface area contributed by atoms with E-state index in [1.54, 1.807) is 0 Å². The summed E-state index contributed by atoms with van der Waals surface area (Å²) in [5, 5.41) is 9.58. The summed E-state index contributed by atoms with van der Waals surface area (Å²) in [4.78, 5) is 0. The highest BCUT2D eigenvalue weighted by Crippen LogP contribution is 2.33. The van der Waals surface area contributed by atoms with Gasteiger partial charge < -0.3 is 5.11 Å². The highest BCUT2D eigenvalue weighted by molar-refractivity contribution is 5.83. The maximum Gasteiger partial charge on any atom is 0.0340 e. The van der Waals surface area contributed by atoms with Crippen LogP contribution in [-0.4, -0.2) is 12.2 Å². The van der Waals surface area contributed by atoms with Crippen LogP contribution >= 0.6 is 0 Å². The van der Waals surface area contributed by atoms with E-state index in [2.05, 4.69) is 104 Å². The minimum atomic E-state index is 0.260. The van der Waals surface area contributed by atoms with Gasteiger partial charge in [0.25, 0.3) is 0 Å². The smallest absolute Gasteiger partial charge is 0.0340 e. The predicted octanol–water partition coefficient (Wildman–Crippen LogP) is 10.0. The average molecular weight is 461 g/mol. The normalized spacial score (nSPS) is 9.50. The molecule has 4 aromatic carbocycles. The molecule has 34 heavy (non-hydrogen) atoms. The van der Waals surface area contributed by atoms with Gasteiger partial charge in [0.1, 0.15) is 0 Å². The number of hydrogen-bond donors (Lipinski definition) is 1. The van der Waals surface area contributed by atoms with Crippen molar-refractivity contribution < 1.29 is 5.11 Å². The topological polar surface area (TPSA) is 20.2 Å². The Hall–Kier alpha value is -2.90. The third-order valence-corrected chi connectivity index (χ3v) is 4.62. The van der Waals surface area contributed by atoms with Crippen LogP contribution in [0.3, 0.4) is 0 Å². The molecule has 0 aromatic heterocycles. The zero-order valence-electron chi connectivity index (χ0n) is 23.3. The van der Waals surface area contributed by atoms with E-state index in [9.17, 15) is 0 Å². The van der Waals surface area contributed by atoms with Crippen molar-refractivity contribution in [2.75, 3.05) is 7.11 Å². The molecule has 0 saturated carbocycles. The average Bonchev–Trinajstić information content (AvgIpc) is 2.95. The van der Waals surface area contributed by atoms with Gasteiger partial charge in [-0.25, -0.2) is 0 Å². The van der Waals surface area contributed by atoms with Crippen LogP contribution in [0.2, 0.25) is 0 Å². The Labute approximate surface area is 210 Å². The van der Waals surface area contributed by atoms with Crippen LogP contribution in [-0.2, 0) is 0 Å². The number of rotatable bonds is 3. The molecule has 1 heteroatoms. The molecule has 0 radical (unpaired) electrons. The van der Waals surface area contributed by atoms with E-state index in [1.807, 2.05) is 55.4 Å². The standard InChI is InChI=1S/C24H20.4C2H6.CH4O/c1-18-8-7-13-22(16-18)24(20-10-3-2-4-11-20)23-15-14-19-9-5-6-12-21(19)17-23;5*1-2/h2-17,24H,1H3;4*1-2H3;2H,1H3. The Bertz CT molecular complexity index is 974. The minimum Gasteiger partial charge on any atom is -0.400 e. The molecule has 1 N–H and O–H groups in total. The van der Waals surface area contributed by atoms with E-state index in [0.29, 0.717) is 0 Å². The molecular formula is C33H48O. The van der Waals surface area contributed by atoms with Crippen LogP contribution in [0, 0.1) is 6.92 Å². The van der Waals surface area contributed by atoms with Crippen LogP contribution in [0.4, 0.5) is 0 Å². The zero-order chi connectivity index (χ0) is 26.4. The molecule has 0 fully saturated rings. The largest absolute Gasteiger partial charge is 0.400 e. The van der Waals surface area contributed by atoms with E-state index in [4.69, 9.17) is 5.11 Å². The molecule has 0 amide bonds. The third kappa shape index (κ3) is 10.4. The number of benzene rings is 4. The fourth-order valence-corrected chi connectivity index (χ4v) is 3.46. The lowest BCUT2D eigenvalue weighted by atomic mass is 9.84. The molecular weight excluding hydrogens is 412 g/mol. The Kier molecular flexibility index (Phi) is 21.5. The maximum absolute atomic E-state index is 7.00. The fraction of sp³-hybridized carbons (Fsp3) is 0.333. The van der Waals surface area contributed by atoms with E-state index < -0.39 is 0 Å². The van der Waals surface area contributed by atoms with Gasteiger partial charge >= 0.3 is 0 Å². The Morgan fingerprint density at radius 2 is 0.912 bits per heavy atom. The third-order valence-electron chi connectivity index (χ3n) is 4.62. The summed E-state index contributed by atoms with van der Waals surface area (Å²) < 4.78 is 0. The zero-order valence-corrected chi connectivity index (χ0v) is 23.3. The predicted molar refractivity (Wildman–Crippen MR) is 156 cm³/mol. The van der Waals surface area contributed by atoms with Crippen molar-refractivity contribution >= 4 is 10.8 Å². The number of aliphatic hydroxyl groups excluding tert-OH is 1. The van der Waals surface area contributed by atoms with Gasteiger partial charge in [-0.15, -0.1) is 0 Å². The summed E-state index contributed by atoms with van der Waals surface area (Å²) in [5.74, 6) is 0.260. The van der Waals surface area contributed by atoms with Crippen LogP contribution in [0.15, 0.2) is 97.1 Å². The fourth-order valence-electron chi connectivity index (χ4n) is 3.46. The molecule has 0 heterocycles. The lowest BCUT2D eigenvalue weighted by molar-refractivity contribution is 0.399. The monoisotopic (exact) mass is 460 g/mol. The summed E-state index contributed by atoms with van der Waals surface area (Å²) in [6, 6.07) is 35.0. The Balaban J connectivity index is 0. The van der Waals surface area contributed by atoms with Crippen LogP contribution in [0.25, 0.3) is 10.8 Å². The Morgan fingerprint density at radius 3 is 1.47 bits per heavy atom. The highest BCUT2D eigenvalue weighted by atomic mass is 16.2. The molecule has 0 saturated heterocycles. The number of hydrogen-bond acceptors (Lipinski definition) is 1. The molecule has 0 bridgehead atoms. The van der Waals surface area contributed by atoms with Crippen molar-refractivity contribution in [3.8, 4) is 0 Å². The summed E-state index contributed by atoms with van der Waals surface area (Å²) >= 11 is 0. The molecule has 0 spiro atoms. The van der Waals surface area contributed by atoms with Crippen molar-refractivity contribution in [3.63, 3.8) is 0 Å². The van der Waals surface area contributed by atoms with Gasteiger partial charge in [-0.2, -0.15) is 0 Å². The lowest BCUT2D eigenvalue weighted by Crippen LogP contribution is -2.03. The number of aryl methyl sites for hydroxylation is 1. The van der Waals surface area contributed by atoms with Crippen LogP contribution in [0.5, 0.6) is 0 Å². The number of aliphatic hydroxyl groups is 1. The van der Waals surface area contributed by atoms with Crippen molar-refractivity contribution in [2.24, 2.45) is 0 Å². The minimum absolute atomic E-state index is 0.260. The Morgan fingerprint density at radius 1 is 0.441 bits per heavy atom. The van der Waals surface area contributed by atoms with Crippen LogP contribution < -0.4 is 0 Å². The second-order valence-electron chi connectivity index (χ2n) is 6.36. The first-order valence-electron chi connectivity index (χ1n) is 12.9. The molecule has 4 rings (SSSR count). The van der Waals surface area contributed by atoms with Crippen molar-refractivity contribution in [1.82, 2.24) is 0 Å². The van der Waals surface area contributed by atoms with Gasteiger partial charge in [0.15, 0.2) is 0 Å². The van der Waals surface area contributed by atoms with E-state index in [0.717, 1.165) is 7.11 Å². The van der Waals surface area contributed by atoms with Gasteiger partial charge in [-0.1, -0.05) is 158 Å². The van der Waals surface area contributed by atoms with Crippen molar-refractivity contribution in [1.29, 1.82) is 0 Å². The van der Waals surface area contributed by atoms with E-state index in [1.165, 1.54) is 33.0 Å². The molecule has 0 aliphatic rings. The van der Waals surface area contributed by atoms with Gasteiger partial charge in [-0.05, 0) is 34.4 Å². The maximum atomic E-state index is 7.00. The lowest BCUT2D eigenvalue weighted by Gasteiger charge is -2.20. The molecule has 186 valence electrons. The SMILES string of the molecule is CC.CC.CC.CC.CO.Cc1cccc(C(c2ccccc2)c2ccc3ccccc3c2)c1. The molecule has 0 aliphatic carbocycles. The number of fused-ring (bicyclic) bond motifs is 1. The quantitative estimate of drug-likeness (QED) is 0.301. The van der Waals surface area contributed by atoms with Gasteiger partial charge in [0, 0.05) is 13.0 Å². The van der Waals surface area contributed by atoms with E-state index >= 15 is 0 Å². The van der Waals surface area contributed by atoms with Crippen LogP contribution in [0.1, 0.15) is 83.6 Å². The van der Waals surface area contributed by atoms with E-state index in [-0.39, 0.29) is 5.92 Å². The highest BCUT2D eigenvalue weighted by Gasteiger charge is 2.17. The van der Waals surface area contributed by atoms with Crippen molar-refractivity contribution in [3.05, 3.63) is 119 Å². The first-order chi connectivity index (χ1) is 16.8. The first kappa shape index (κ1) is 33.3. The summed E-state index contributed by atoms with van der Waals surface area (Å²) in [5.41, 5.74) is 5.31. The second-order valence-corrected chi connectivity index (χ2v) is 6.36. The molecule has 4 aromatic rings. The summed E-state index contributed by atoms with van der Waals surface area (Å²) in [6.45, 7) is 18.2. The van der Waals surface area contributed by atoms with Crippen molar-refractivity contribution in [2.45, 2.75) is 68.2 Å². The first-order valence-corrected chi connectivity index (χ1v) is 12.9. The second kappa shape index (κ2) is 21.9. The van der Waals surface area contributed by atoms with Gasteiger partial charge in [0.2, 0.25) is 0 Å². The van der Waals surface area contributed by atoms with Gasteiger partial charge in [-0.3, -0.25) is 0 Å². The summed E-state index contributed by atoms with van der Waals surface area (Å²) in [7, 11) is 1.00. The molecule has 1 atom stereocenters. The molecule has 1 nitrogen and oxygen atoms in total. The van der Waals surface area contributed by atoms with Gasteiger partial charge in [0.05, 0.1) is 0 Å². The summed E-state index contributed by atoms with van der Waals surface area (Å²) in [6.07, 6.45) is 0. The molecule has 0 aliphatic heterocycles. The molecule has 1 unspecified atom stereocenters.